The van der Waals surface area contributed by atoms with Crippen LogP contribution in [0.4, 0.5) is 5.69 Å². The summed E-state index contributed by atoms with van der Waals surface area (Å²) in [6, 6.07) is 10.5. The first kappa shape index (κ1) is 21.7. The largest absolute Gasteiger partial charge is 0.487 e. The monoisotopic (exact) mass is 412 g/mol. The van der Waals surface area contributed by atoms with Crippen LogP contribution in [0, 0.1) is 10.1 Å². The molecule has 0 saturated carbocycles. The summed E-state index contributed by atoms with van der Waals surface area (Å²) in [4.78, 5) is 32.2. The van der Waals surface area contributed by atoms with Crippen molar-refractivity contribution in [2.24, 2.45) is 0 Å². The Morgan fingerprint density at radius 2 is 2.07 bits per heavy atom. The lowest BCUT2D eigenvalue weighted by Crippen LogP contribution is -2.46. The Morgan fingerprint density at radius 3 is 2.70 bits per heavy atom. The highest BCUT2D eigenvalue weighted by atomic mass is 16.6. The molecule has 0 aliphatic carbocycles. The highest BCUT2D eigenvalue weighted by Gasteiger charge is 2.27. The van der Waals surface area contributed by atoms with E-state index in [9.17, 15) is 14.9 Å². The van der Waals surface area contributed by atoms with Crippen molar-refractivity contribution in [1.29, 1.82) is 0 Å². The smallest absolute Gasteiger partial charge is 0.311 e. The molecule has 1 amide bonds. The van der Waals surface area contributed by atoms with Gasteiger partial charge in [0, 0.05) is 62.7 Å². The number of piperidine rings is 1. The second-order valence-corrected chi connectivity index (χ2v) is 7.43. The number of likely N-dealkylation sites (tertiary alicyclic amines) is 1. The molecular formula is C22H28N4O4. The van der Waals surface area contributed by atoms with E-state index in [-0.39, 0.29) is 23.4 Å². The summed E-state index contributed by atoms with van der Waals surface area (Å²) in [5.41, 5.74) is 1.22. The molecule has 0 atom stereocenters. The molecule has 1 aromatic heterocycles. The lowest BCUT2D eigenvalue weighted by molar-refractivity contribution is -0.385. The first-order valence-corrected chi connectivity index (χ1v) is 10.3. The number of benzene rings is 1. The first-order valence-electron chi connectivity index (χ1n) is 10.3. The second kappa shape index (κ2) is 10.2. The van der Waals surface area contributed by atoms with Gasteiger partial charge in [0.25, 0.3) is 5.91 Å². The van der Waals surface area contributed by atoms with Crippen LogP contribution in [-0.4, -0.2) is 64.9 Å². The zero-order valence-corrected chi connectivity index (χ0v) is 17.5. The predicted octanol–water partition coefficient (Wildman–Crippen LogP) is 3.17. The summed E-state index contributed by atoms with van der Waals surface area (Å²) in [5.74, 6) is -0.0176. The fraction of sp³-hybridized carbons (Fsp3) is 0.455. The molecule has 0 spiro atoms. The summed E-state index contributed by atoms with van der Waals surface area (Å²) in [6.07, 6.45) is 4.48. The Hall–Kier alpha value is -3.00. The molecule has 8 nitrogen and oxygen atoms in total. The van der Waals surface area contributed by atoms with Crippen molar-refractivity contribution in [2.45, 2.75) is 32.2 Å². The number of pyridine rings is 1. The number of ether oxygens (including phenoxy) is 1. The fourth-order valence-corrected chi connectivity index (χ4v) is 3.79. The summed E-state index contributed by atoms with van der Waals surface area (Å²) >= 11 is 0. The van der Waals surface area contributed by atoms with Crippen LogP contribution >= 0.6 is 0 Å². The molecule has 1 aliphatic rings. The van der Waals surface area contributed by atoms with E-state index in [1.807, 2.05) is 24.4 Å². The van der Waals surface area contributed by atoms with Gasteiger partial charge >= 0.3 is 5.69 Å². The van der Waals surface area contributed by atoms with Crippen LogP contribution in [0.15, 0.2) is 42.6 Å². The molecule has 30 heavy (non-hydrogen) atoms. The minimum atomic E-state index is -0.512. The Balaban J connectivity index is 1.56. The maximum Gasteiger partial charge on any atom is 0.311 e. The van der Waals surface area contributed by atoms with Crippen molar-refractivity contribution in [1.82, 2.24) is 14.8 Å². The van der Waals surface area contributed by atoms with Gasteiger partial charge in [0.05, 0.1) is 11.5 Å². The van der Waals surface area contributed by atoms with Gasteiger partial charge in [-0.05, 0) is 44.0 Å². The lowest BCUT2D eigenvalue weighted by atomic mass is 10.0. The molecular weight excluding hydrogens is 384 g/mol. The number of carbonyl (C=O) groups excluding carboxylic acids is 1. The van der Waals surface area contributed by atoms with E-state index in [1.54, 1.807) is 24.9 Å². The van der Waals surface area contributed by atoms with Crippen LogP contribution < -0.4 is 4.74 Å². The van der Waals surface area contributed by atoms with Crippen molar-refractivity contribution >= 4 is 11.6 Å². The highest BCUT2D eigenvalue weighted by molar-refractivity contribution is 5.95. The van der Waals surface area contributed by atoms with Crippen LogP contribution in [0.25, 0.3) is 0 Å². The molecule has 0 unspecified atom stereocenters. The van der Waals surface area contributed by atoms with E-state index in [0.29, 0.717) is 12.2 Å². The number of nitro groups is 1. The van der Waals surface area contributed by atoms with E-state index < -0.39 is 4.92 Å². The molecule has 2 heterocycles. The number of nitrogens with zero attached hydrogens (tertiary/aromatic N) is 4. The van der Waals surface area contributed by atoms with Gasteiger partial charge in [-0.1, -0.05) is 6.07 Å². The van der Waals surface area contributed by atoms with Crippen LogP contribution in [0.5, 0.6) is 5.75 Å². The predicted molar refractivity (Wildman–Crippen MR) is 114 cm³/mol. The molecule has 8 heteroatoms. The molecule has 1 aromatic carbocycles. The first-order chi connectivity index (χ1) is 14.5. The quantitative estimate of drug-likeness (QED) is 0.489. The van der Waals surface area contributed by atoms with Gasteiger partial charge in [-0.15, -0.1) is 0 Å². The lowest BCUT2D eigenvalue weighted by Gasteiger charge is -2.36. The Morgan fingerprint density at radius 1 is 1.30 bits per heavy atom. The fourth-order valence-electron chi connectivity index (χ4n) is 3.79. The average Bonchev–Trinajstić information content (AvgIpc) is 2.78. The zero-order chi connectivity index (χ0) is 21.5. The maximum absolute atomic E-state index is 12.9. The molecule has 160 valence electrons. The van der Waals surface area contributed by atoms with Crippen molar-refractivity contribution in [2.75, 3.05) is 33.3 Å². The van der Waals surface area contributed by atoms with E-state index in [4.69, 9.17) is 4.74 Å². The van der Waals surface area contributed by atoms with Crippen LogP contribution in [0.1, 0.15) is 35.8 Å². The zero-order valence-electron chi connectivity index (χ0n) is 17.5. The van der Waals surface area contributed by atoms with Gasteiger partial charge in [-0.25, -0.2) is 0 Å². The number of carbonyl (C=O) groups is 1. The molecule has 0 radical (unpaired) electrons. The van der Waals surface area contributed by atoms with Gasteiger partial charge in [0.15, 0.2) is 5.75 Å². The standard InChI is InChI=1S/C22H28N4O4/c1-3-30-21-8-7-17(16-20(21)26(28)29)22(27)24(2)19-10-14-25(15-11-19)13-9-18-6-4-5-12-23-18/h4-8,12,16,19H,3,9-11,13-15H2,1-2H3. The number of hydrogen-bond donors (Lipinski definition) is 0. The SMILES string of the molecule is CCOc1ccc(C(=O)N(C)C2CCN(CCc3ccccn3)CC2)cc1[N+](=O)[O-]. The van der Waals surface area contributed by atoms with Gasteiger partial charge in [0.2, 0.25) is 0 Å². The maximum atomic E-state index is 12.9. The molecule has 3 rings (SSSR count). The summed E-state index contributed by atoms with van der Waals surface area (Å²) in [6.45, 7) is 4.87. The average molecular weight is 412 g/mol. The van der Waals surface area contributed by atoms with Gasteiger partial charge in [-0.2, -0.15) is 0 Å². The summed E-state index contributed by atoms with van der Waals surface area (Å²) < 4.78 is 5.30. The Kier molecular flexibility index (Phi) is 7.35. The minimum Gasteiger partial charge on any atom is -0.487 e. The van der Waals surface area contributed by atoms with E-state index in [0.717, 1.165) is 44.6 Å². The Labute approximate surface area is 176 Å². The van der Waals surface area contributed by atoms with E-state index in [1.165, 1.54) is 12.1 Å². The number of amides is 1. The third kappa shape index (κ3) is 5.33. The van der Waals surface area contributed by atoms with Crippen molar-refractivity contribution in [3.8, 4) is 5.75 Å². The third-order valence-electron chi connectivity index (χ3n) is 5.54. The Bertz CT molecular complexity index is 867. The summed E-state index contributed by atoms with van der Waals surface area (Å²) in [7, 11) is 1.78. The van der Waals surface area contributed by atoms with E-state index in [2.05, 4.69) is 9.88 Å². The summed E-state index contributed by atoms with van der Waals surface area (Å²) in [5, 5.41) is 11.3. The van der Waals surface area contributed by atoms with Crippen molar-refractivity contribution in [3.05, 3.63) is 64.0 Å². The number of aromatic nitrogens is 1. The van der Waals surface area contributed by atoms with Gasteiger partial charge in [-0.3, -0.25) is 19.9 Å². The van der Waals surface area contributed by atoms with Gasteiger partial charge < -0.3 is 14.5 Å². The van der Waals surface area contributed by atoms with Crippen molar-refractivity contribution < 1.29 is 14.5 Å². The molecule has 2 aromatic rings. The van der Waals surface area contributed by atoms with Crippen molar-refractivity contribution in [3.63, 3.8) is 0 Å². The number of nitro benzene ring substituents is 1. The topological polar surface area (TPSA) is 88.8 Å². The third-order valence-corrected chi connectivity index (χ3v) is 5.54. The van der Waals surface area contributed by atoms with Crippen LogP contribution in [0.2, 0.25) is 0 Å². The van der Waals surface area contributed by atoms with E-state index >= 15 is 0 Å². The number of rotatable bonds is 8. The highest BCUT2D eigenvalue weighted by Crippen LogP contribution is 2.29. The molecule has 1 saturated heterocycles. The normalized spacial score (nSPS) is 15.0. The second-order valence-electron chi connectivity index (χ2n) is 7.43. The minimum absolute atomic E-state index is 0.120. The molecule has 1 fully saturated rings. The number of hydrogen-bond acceptors (Lipinski definition) is 6. The molecule has 0 N–H and O–H groups in total. The molecule has 0 bridgehead atoms. The van der Waals surface area contributed by atoms with Crippen LogP contribution in [0.3, 0.4) is 0 Å². The van der Waals surface area contributed by atoms with Gasteiger partial charge in [0.1, 0.15) is 0 Å². The van der Waals surface area contributed by atoms with Crippen LogP contribution in [-0.2, 0) is 6.42 Å². The molecule has 1 aliphatic heterocycles.